The highest BCUT2D eigenvalue weighted by Gasteiger charge is 2.40. The second-order valence-corrected chi connectivity index (χ2v) is 10.4. The Hall–Kier alpha value is -3.77. The van der Waals surface area contributed by atoms with Crippen LogP contribution in [0.3, 0.4) is 0 Å². The number of urea groups is 1. The minimum atomic E-state index is -0.824. The van der Waals surface area contributed by atoms with Crippen LogP contribution in [0, 0.1) is 9.39 Å². The molecule has 1 aliphatic rings. The van der Waals surface area contributed by atoms with Crippen molar-refractivity contribution in [3.8, 4) is 17.0 Å². The minimum absolute atomic E-state index is 0.0931. The molecule has 3 N–H and O–H groups in total. The van der Waals surface area contributed by atoms with Gasteiger partial charge in [0.15, 0.2) is 0 Å². The molecule has 0 aliphatic carbocycles. The standard InChI is InChI=1S/C29H26FIN4O4/c30-24-15-21(31)8-11-23(24)25-16-32-27(33-25)20(14-18-4-2-1-3-5-18)17-35-28(37)26(34-29(35)38)19-6-9-22(10-7-19)39-13-12-36/h1-11,15-16,20,26,36H,12-14,17H2,(H,32,33)(H,34,38)/t20?,26-/m1/s1. The Bertz CT molecular complexity index is 1460. The lowest BCUT2D eigenvalue weighted by molar-refractivity contribution is -0.127. The fourth-order valence-electron chi connectivity index (χ4n) is 4.59. The van der Waals surface area contributed by atoms with Crippen LogP contribution in [-0.2, 0) is 11.2 Å². The Kier molecular flexibility index (Phi) is 8.22. The van der Waals surface area contributed by atoms with Crippen molar-refractivity contribution in [2.45, 2.75) is 18.4 Å². The van der Waals surface area contributed by atoms with E-state index in [-0.39, 0.29) is 37.4 Å². The molecule has 1 fully saturated rings. The van der Waals surface area contributed by atoms with E-state index in [1.165, 1.54) is 11.0 Å². The maximum Gasteiger partial charge on any atom is 0.325 e. The third-order valence-corrected chi connectivity index (χ3v) is 7.20. The molecule has 0 bridgehead atoms. The molecule has 3 amide bonds. The number of ether oxygens (including phenoxy) is 1. The number of nitrogens with zero attached hydrogens (tertiary/aromatic N) is 2. The summed E-state index contributed by atoms with van der Waals surface area (Å²) in [6, 6.07) is 20.2. The van der Waals surface area contributed by atoms with Crippen molar-refractivity contribution in [3.05, 3.63) is 105 Å². The maximum atomic E-state index is 14.6. The number of carbonyl (C=O) groups is 2. The SMILES string of the molecule is O=C1N[C@H](c2ccc(OCCO)cc2)C(=O)N1CC(Cc1ccccc1)c1ncc(-c2ccc(I)cc2F)[nH]1. The van der Waals surface area contributed by atoms with Gasteiger partial charge in [0.1, 0.15) is 30.0 Å². The monoisotopic (exact) mass is 640 g/mol. The highest BCUT2D eigenvalue weighted by atomic mass is 127. The Labute approximate surface area is 238 Å². The molecule has 1 aromatic heterocycles. The summed E-state index contributed by atoms with van der Waals surface area (Å²) in [6.07, 6.45) is 2.09. The Morgan fingerprint density at radius 3 is 2.56 bits per heavy atom. The van der Waals surface area contributed by atoms with Crippen LogP contribution in [-0.4, -0.2) is 51.7 Å². The normalized spacial score (nSPS) is 15.9. The number of aliphatic hydroxyl groups excluding tert-OH is 1. The second kappa shape index (κ2) is 12.0. The first-order chi connectivity index (χ1) is 18.9. The van der Waals surface area contributed by atoms with Crippen molar-refractivity contribution in [1.82, 2.24) is 20.2 Å². The summed E-state index contributed by atoms with van der Waals surface area (Å²) < 4.78 is 20.8. The molecule has 200 valence electrons. The number of nitrogens with one attached hydrogen (secondary N) is 2. The molecule has 2 atom stereocenters. The average Bonchev–Trinajstić information content (AvgIpc) is 3.53. The zero-order valence-corrected chi connectivity index (χ0v) is 23.0. The van der Waals surface area contributed by atoms with Gasteiger partial charge in [0.2, 0.25) is 0 Å². The molecule has 1 unspecified atom stereocenters. The van der Waals surface area contributed by atoms with Gasteiger partial charge in [-0.3, -0.25) is 9.69 Å². The fraction of sp³-hybridized carbons (Fsp3) is 0.207. The lowest BCUT2D eigenvalue weighted by atomic mass is 9.97. The fourth-order valence-corrected chi connectivity index (χ4v) is 5.05. The highest BCUT2D eigenvalue weighted by molar-refractivity contribution is 14.1. The van der Waals surface area contributed by atoms with Crippen LogP contribution in [0.15, 0.2) is 79.0 Å². The molecule has 39 heavy (non-hydrogen) atoms. The first-order valence-corrected chi connectivity index (χ1v) is 13.5. The van der Waals surface area contributed by atoms with Crippen molar-refractivity contribution in [2.75, 3.05) is 19.8 Å². The van der Waals surface area contributed by atoms with Gasteiger partial charge in [-0.2, -0.15) is 0 Å². The van der Waals surface area contributed by atoms with Crippen LogP contribution < -0.4 is 10.1 Å². The van der Waals surface area contributed by atoms with Crippen LogP contribution in [0.5, 0.6) is 5.75 Å². The number of hydrogen-bond acceptors (Lipinski definition) is 5. The van der Waals surface area contributed by atoms with Crippen LogP contribution in [0.25, 0.3) is 11.3 Å². The summed E-state index contributed by atoms with van der Waals surface area (Å²) in [4.78, 5) is 35.3. The topological polar surface area (TPSA) is 108 Å². The molecular weight excluding hydrogens is 614 g/mol. The molecule has 2 heterocycles. The van der Waals surface area contributed by atoms with Crippen LogP contribution >= 0.6 is 22.6 Å². The number of aromatic nitrogens is 2. The van der Waals surface area contributed by atoms with Gasteiger partial charge in [-0.05, 0) is 70.5 Å². The molecule has 8 nitrogen and oxygen atoms in total. The number of hydrogen-bond donors (Lipinski definition) is 3. The van der Waals surface area contributed by atoms with Gasteiger partial charge in [-0.1, -0.05) is 42.5 Å². The molecule has 0 radical (unpaired) electrons. The van der Waals surface area contributed by atoms with Crippen molar-refractivity contribution >= 4 is 34.5 Å². The van der Waals surface area contributed by atoms with Crippen LogP contribution in [0.4, 0.5) is 9.18 Å². The number of amides is 3. The minimum Gasteiger partial charge on any atom is -0.491 e. The lowest BCUT2D eigenvalue weighted by Crippen LogP contribution is -2.35. The van der Waals surface area contributed by atoms with Crippen molar-refractivity contribution in [2.24, 2.45) is 0 Å². The summed E-state index contributed by atoms with van der Waals surface area (Å²) in [7, 11) is 0. The molecule has 10 heteroatoms. The number of halogens is 2. The number of rotatable bonds is 10. The predicted octanol–water partition coefficient (Wildman–Crippen LogP) is 4.81. The molecule has 1 aliphatic heterocycles. The third kappa shape index (κ3) is 6.12. The predicted molar refractivity (Wildman–Crippen MR) is 152 cm³/mol. The number of benzene rings is 3. The lowest BCUT2D eigenvalue weighted by Gasteiger charge is -2.21. The molecular formula is C29H26FIN4O4. The third-order valence-electron chi connectivity index (χ3n) is 6.53. The van der Waals surface area contributed by atoms with E-state index < -0.39 is 12.1 Å². The Morgan fingerprint density at radius 2 is 1.85 bits per heavy atom. The summed E-state index contributed by atoms with van der Waals surface area (Å²) in [5.41, 5.74) is 2.56. The van der Waals surface area contributed by atoms with E-state index in [2.05, 4.69) is 37.9 Å². The number of imide groups is 1. The van der Waals surface area contributed by atoms with E-state index in [0.717, 1.165) is 9.13 Å². The summed E-state index contributed by atoms with van der Waals surface area (Å²) >= 11 is 2.06. The zero-order valence-electron chi connectivity index (χ0n) is 20.8. The largest absolute Gasteiger partial charge is 0.491 e. The van der Waals surface area contributed by atoms with Gasteiger partial charge in [-0.25, -0.2) is 14.2 Å². The van der Waals surface area contributed by atoms with Gasteiger partial charge in [-0.15, -0.1) is 0 Å². The van der Waals surface area contributed by atoms with Gasteiger partial charge in [0.05, 0.1) is 18.5 Å². The number of carbonyl (C=O) groups excluding carboxylic acids is 2. The van der Waals surface area contributed by atoms with E-state index in [1.54, 1.807) is 36.5 Å². The van der Waals surface area contributed by atoms with E-state index in [4.69, 9.17) is 9.84 Å². The first-order valence-electron chi connectivity index (χ1n) is 12.4. The average molecular weight is 640 g/mol. The van der Waals surface area contributed by atoms with E-state index in [9.17, 15) is 14.0 Å². The summed E-state index contributed by atoms with van der Waals surface area (Å²) in [5.74, 6) is 0.0403. The Morgan fingerprint density at radius 1 is 1.08 bits per heavy atom. The zero-order chi connectivity index (χ0) is 27.4. The molecule has 1 saturated heterocycles. The smallest absolute Gasteiger partial charge is 0.325 e. The van der Waals surface area contributed by atoms with Crippen molar-refractivity contribution in [3.63, 3.8) is 0 Å². The molecule has 4 aromatic rings. The highest BCUT2D eigenvalue weighted by Crippen LogP contribution is 2.29. The van der Waals surface area contributed by atoms with Gasteiger partial charge in [0, 0.05) is 21.6 Å². The van der Waals surface area contributed by atoms with Gasteiger partial charge in [0.25, 0.3) is 5.91 Å². The quantitative estimate of drug-likeness (QED) is 0.171. The molecule has 3 aromatic carbocycles. The van der Waals surface area contributed by atoms with E-state index >= 15 is 0 Å². The second-order valence-electron chi connectivity index (χ2n) is 9.17. The summed E-state index contributed by atoms with van der Waals surface area (Å²) in [5, 5.41) is 11.7. The number of imidazole rings is 1. The van der Waals surface area contributed by atoms with E-state index in [1.807, 2.05) is 36.4 Å². The summed E-state index contributed by atoms with van der Waals surface area (Å²) in [6.45, 7) is 0.157. The van der Waals surface area contributed by atoms with Crippen molar-refractivity contribution in [1.29, 1.82) is 0 Å². The Balaban J connectivity index is 1.38. The molecule has 0 saturated carbocycles. The number of H-pyrrole nitrogens is 1. The van der Waals surface area contributed by atoms with Gasteiger partial charge < -0.3 is 20.1 Å². The van der Waals surface area contributed by atoms with Crippen molar-refractivity contribution < 1.29 is 23.8 Å². The van der Waals surface area contributed by atoms with Crippen LogP contribution in [0.1, 0.15) is 28.9 Å². The van der Waals surface area contributed by atoms with E-state index in [0.29, 0.717) is 34.8 Å². The van der Waals surface area contributed by atoms with Crippen LogP contribution in [0.2, 0.25) is 0 Å². The first kappa shape index (κ1) is 26.8. The molecule has 0 spiro atoms. The number of aliphatic hydroxyl groups is 1. The number of aromatic amines is 1. The maximum absolute atomic E-state index is 14.6. The molecule has 5 rings (SSSR count). The van der Waals surface area contributed by atoms with Gasteiger partial charge >= 0.3 is 6.03 Å².